The summed E-state index contributed by atoms with van der Waals surface area (Å²) in [6.45, 7) is 2.40. The second kappa shape index (κ2) is 6.84. The van der Waals surface area contributed by atoms with Crippen LogP contribution in [0.2, 0.25) is 0 Å². The van der Waals surface area contributed by atoms with Gasteiger partial charge in [0, 0.05) is 38.2 Å². The third kappa shape index (κ3) is 3.37. The lowest BCUT2D eigenvalue weighted by atomic mass is 9.91. The third-order valence-corrected chi connectivity index (χ3v) is 4.96. The van der Waals surface area contributed by atoms with Gasteiger partial charge in [-0.3, -0.25) is 0 Å². The highest BCUT2D eigenvalue weighted by atomic mass is 16.5. The van der Waals surface area contributed by atoms with Crippen molar-refractivity contribution < 1.29 is 9.47 Å². The smallest absolute Gasteiger partial charge is 0.132 e. The molecule has 5 nitrogen and oxygen atoms in total. The average Bonchev–Trinajstić information content (AvgIpc) is 2.85. The van der Waals surface area contributed by atoms with Crippen LogP contribution in [0.1, 0.15) is 30.5 Å². The lowest BCUT2D eigenvalue weighted by Crippen LogP contribution is -2.37. The summed E-state index contributed by atoms with van der Waals surface area (Å²) in [7, 11) is 1.68. The number of aromatic nitrogens is 2. The molecule has 1 spiro atoms. The Bertz CT molecular complexity index is 777. The number of hydrogen-bond acceptors (Lipinski definition) is 5. The topological polar surface area (TPSA) is 47.5 Å². The van der Waals surface area contributed by atoms with Gasteiger partial charge in [0.15, 0.2) is 0 Å². The van der Waals surface area contributed by atoms with Gasteiger partial charge >= 0.3 is 0 Å². The Balaban J connectivity index is 1.50. The molecule has 2 aromatic rings. The molecule has 0 radical (unpaired) electrons. The van der Waals surface area contributed by atoms with Gasteiger partial charge in [-0.2, -0.15) is 0 Å². The highest BCUT2D eigenvalue weighted by Gasteiger charge is 2.35. The molecule has 2 aliphatic rings. The van der Waals surface area contributed by atoms with Crippen LogP contribution in [-0.4, -0.2) is 35.8 Å². The average molecular weight is 337 g/mol. The molecule has 0 N–H and O–H groups in total. The molecule has 5 heteroatoms. The number of rotatable bonds is 3. The molecule has 0 unspecified atom stereocenters. The third-order valence-electron chi connectivity index (χ3n) is 4.96. The molecular formula is C20H23N3O2. The summed E-state index contributed by atoms with van der Waals surface area (Å²) < 4.78 is 11.6. The summed E-state index contributed by atoms with van der Waals surface area (Å²) in [5, 5.41) is 0. The minimum atomic E-state index is -0.203. The highest BCUT2D eigenvalue weighted by Crippen LogP contribution is 2.37. The number of para-hydroxylation sites is 1. The summed E-state index contributed by atoms with van der Waals surface area (Å²) in [6, 6.07) is 10.3. The number of nitrogens with zero attached hydrogens (tertiary/aromatic N) is 3. The Kier molecular flexibility index (Phi) is 4.40. The molecule has 1 atom stereocenters. The normalized spacial score (nSPS) is 22.4. The van der Waals surface area contributed by atoms with Crippen LogP contribution in [0, 0.1) is 0 Å². The van der Waals surface area contributed by atoms with Crippen LogP contribution in [0.4, 0.5) is 5.82 Å². The van der Waals surface area contributed by atoms with Gasteiger partial charge in [-0.05, 0) is 25.0 Å². The van der Waals surface area contributed by atoms with Crippen molar-refractivity contribution in [2.24, 2.45) is 0 Å². The molecule has 25 heavy (non-hydrogen) atoms. The molecule has 0 aliphatic carbocycles. The standard InChI is InChI=1S/C20H23N3O2/c1-24-14-17-13-19(22-15-21-17)23-11-4-8-20(10-12-23)9-7-16-5-2-3-6-18(16)25-20/h2-3,5-7,9,13,15H,4,8,10-12,14H2,1H3/t20-/m0/s1. The summed E-state index contributed by atoms with van der Waals surface area (Å²) >= 11 is 0. The molecule has 2 aliphatic heterocycles. The van der Waals surface area contributed by atoms with Crippen LogP contribution in [0.25, 0.3) is 6.08 Å². The summed E-state index contributed by atoms with van der Waals surface area (Å²) in [5.74, 6) is 1.96. The van der Waals surface area contributed by atoms with Gasteiger partial charge < -0.3 is 14.4 Å². The first-order valence-corrected chi connectivity index (χ1v) is 8.80. The van der Waals surface area contributed by atoms with E-state index in [4.69, 9.17) is 9.47 Å². The molecule has 0 amide bonds. The van der Waals surface area contributed by atoms with E-state index < -0.39 is 0 Å². The van der Waals surface area contributed by atoms with Gasteiger partial charge in [0.05, 0.1) is 12.3 Å². The number of benzene rings is 1. The fourth-order valence-corrected chi connectivity index (χ4v) is 3.62. The van der Waals surface area contributed by atoms with Crippen LogP contribution < -0.4 is 9.64 Å². The molecule has 0 bridgehead atoms. The van der Waals surface area contributed by atoms with Crippen molar-refractivity contribution in [3.63, 3.8) is 0 Å². The predicted octanol–water partition coefficient (Wildman–Crippen LogP) is 3.46. The SMILES string of the molecule is COCc1cc(N2CCC[C@]3(C=Cc4ccccc4O3)CC2)ncn1. The number of anilines is 1. The maximum absolute atomic E-state index is 6.42. The van der Waals surface area contributed by atoms with Crippen LogP contribution in [-0.2, 0) is 11.3 Å². The Morgan fingerprint density at radius 1 is 1.20 bits per heavy atom. The number of ether oxygens (including phenoxy) is 2. The largest absolute Gasteiger partial charge is 0.483 e. The predicted molar refractivity (Wildman–Crippen MR) is 97.6 cm³/mol. The van der Waals surface area contributed by atoms with Crippen molar-refractivity contribution in [1.82, 2.24) is 9.97 Å². The van der Waals surface area contributed by atoms with Crippen LogP contribution in [0.3, 0.4) is 0 Å². The Labute approximate surface area is 148 Å². The van der Waals surface area contributed by atoms with Gasteiger partial charge in [0.2, 0.25) is 0 Å². The zero-order valence-electron chi connectivity index (χ0n) is 14.5. The van der Waals surface area contributed by atoms with Gasteiger partial charge in [-0.25, -0.2) is 9.97 Å². The van der Waals surface area contributed by atoms with E-state index in [1.165, 1.54) is 0 Å². The van der Waals surface area contributed by atoms with Gasteiger partial charge in [-0.1, -0.05) is 24.3 Å². The zero-order chi connectivity index (χ0) is 17.1. The van der Waals surface area contributed by atoms with E-state index in [0.29, 0.717) is 6.61 Å². The fraction of sp³-hybridized carbons (Fsp3) is 0.400. The maximum atomic E-state index is 6.42. The van der Waals surface area contributed by atoms with E-state index in [9.17, 15) is 0 Å². The lowest BCUT2D eigenvalue weighted by Gasteiger charge is -2.34. The van der Waals surface area contributed by atoms with Crippen molar-refractivity contribution in [2.45, 2.75) is 31.5 Å². The first-order valence-electron chi connectivity index (χ1n) is 8.80. The molecule has 130 valence electrons. The van der Waals surface area contributed by atoms with Crippen LogP contribution in [0.15, 0.2) is 42.7 Å². The number of hydrogen-bond donors (Lipinski definition) is 0. The second-order valence-corrected chi connectivity index (χ2v) is 6.68. The zero-order valence-corrected chi connectivity index (χ0v) is 14.5. The lowest BCUT2D eigenvalue weighted by molar-refractivity contribution is 0.104. The Morgan fingerprint density at radius 3 is 3.04 bits per heavy atom. The summed E-state index contributed by atoms with van der Waals surface area (Å²) in [5.41, 5.74) is 1.87. The van der Waals surface area contributed by atoms with E-state index in [2.05, 4.69) is 39.2 Å². The van der Waals surface area contributed by atoms with E-state index in [-0.39, 0.29) is 5.60 Å². The van der Waals surface area contributed by atoms with E-state index in [1.54, 1.807) is 13.4 Å². The number of fused-ring (bicyclic) bond motifs is 1. The molecular weight excluding hydrogens is 314 g/mol. The van der Waals surface area contributed by atoms with Gasteiger partial charge in [0.25, 0.3) is 0 Å². The van der Waals surface area contributed by atoms with Crippen molar-refractivity contribution >= 4 is 11.9 Å². The minimum Gasteiger partial charge on any atom is -0.483 e. The Morgan fingerprint density at radius 2 is 2.12 bits per heavy atom. The van der Waals surface area contributed by atoms with Gasteiger partial charge in [-0.15, -0.1) is 0 Å². The first kappa shape index (κ1) is 16.1. The Hall–Kier alpha value is -2.40. The van der Waals surface area contributed by atoms with Crippen molar-refractivity contribution in [2.75, 3.05) is 25.1 Å². The second-order valence-electron chi connectivity index (χ2n) is 6.68. The van der Waals surface area contributed by atoms with E-state index in [0.717, 1.165) is 55.2 Å². The molecule has 1 aromatic carbocycles. The van der Waals surface area contributed by atoms with Crippen molar-refractivity contribution in [3.8, 4) is 5.75 Å². The summed E-state index contributed by atoms with van der Waals surface area (Å²) in [6.07, 6.45) is 9.10. The first-order chi connectivity index (χ1) is 12.3. The minimum absolute atomic E-state index is 0.203. The van der Waals surface area contributed by atoms with Crippen molar-refractivity contribution in [1.29, 1.82) is 0 Å². The molecule has 1 fully saturated rings. The number of methoxy groups -OCH3 is 1. The molecule has 1 saturated heterocycles. The maximum Gasteiger partial charge on any atom is 0.132 e. The molecule has 0 saturated carbocycles. The van der Waals surface area contributed by atoms with Crippen LogP contribution in [0.5, 0.6) is 5.75 Å². The molecule has 1 aromatic heterocycles. The monoisotopic (exact) mass is 337 g/mol. The van der Waals surface area contributed by atoms with E-state index >= 15 is 0 Å². The fourth-order valence-electron chi connectivity index (χ4n) is 3.62. The van der Waals surface area contributed by atoms with Gasteiger partial charge in [0.1, 0.15) is 23.5 Å². The molecule has 3 heterocycles. The van der Waals surface area contributed by atoms with Crippen molar-refractivity contribution in [3.05, 3.63) is 54.0 Å². The quantitative estimate of drug-likeness (QED) is 0.858. The van der Waals surface area contributed by atoms with Crippen LogP contribution >= 0.6 is 0 Å². The molecule has 4 rings (SSSR count). The highest BCUT2D eigenvalue weighted by molar-refractivity contribution is 5.61. The van der Waals surface area contributed by atoms with E-state index in [1.807, 2.05) is 18.2 Å². The summed E-state index contributed by atoms with van der Waals surface area (Å²) in [4.78, 5) is 11.0.